The molecule has 2 aliphatic heterocycles. The van der Waals surface area contributed by atoms with Crippen molar-refractivity contribution in [2.24, 2.45) is 0 Å². The van der Waals surface area contributed by atoms with E-state index < -0.39 is 6.09 Å². The van der Waals surface area contributed by atoms with E-state index >= 15 is 0 Å². The highest BCUT2D eigenvalue weighted by atomic mass is 79.9. The van der Waals surface area contributed by atoms with Gasteiger partial charge < -0.3 is 24.4 Å². The molecule has 1 aromatic rings. The standard InChI is InChI=1S/C14H15BrN2O5/c1-21-10-4-8(15)5-11-12(10)13(18)17-3-2-16(14(19)20)6-9(17)7-22-11/h4-5,9H,2-3,6-7H2,1H3,(H,19,20)/t9-/m1/s1. The van der Waals surface area contributed by atoms with Crippen LogP contribution in [0.15, 0.2) is 16.6 Å². The highest BCUT2D eigenvalue weighted by Crippen LogP contribution is 2.36. The van der Waals surface area contributed by atoms with Crippen molar-refractivity contribution in [1.29, 1.82) is 0 Å². The summed E-state index contributed by atoms with van der Waals surface area (Å²) in [5, 5.41) is 9.11. The number of rotatable bonds is 1. The first kappa shape index (κ1) is 15.0. The van der Waals surface area contributed by atoms with Crippen LogP contribution in [-0.4, -0.2) is 66.3 Å². The first-order valence-corrected chi connectivity index (χ1v) is 7.59. The van der Waals surface area contributed by atoms with Crippen LogP contribution in [0, 0.1) is 0 Å². The van der Waals surface area contributed by atoms with Gasteiger partial charge in [0.1, 0.15) is 23.7 Å². The van der Waals surface area contributed by atoms with Crippen molar-refractivity contribution in [2.45, 2.75) is 6.04 Å². The maximum Gasteiger partial charge on any atom is 0.407 e. The molecular weight excluding hydrogens is 356 g/mol. The van der Waals surface area contributed by atoms with E-state index in [2.05, 4.69) is 15.9 Å². The summed E-state index contributed by atoms with van der Waals surface area (Å²) in [7, 11) is 1.50. The van der Waals surface area contributed by atoms with Crippen molar-refractivity contribution in [3.05, 3.63) is 22.2 Å². The third-order valence-corrected chi connectivity index (χ3v) is 4.37. The summed E-state index contributed by atoms with van der Waals surface area (Å²) in [5.41, 5.74) is 0.386. The fourth-order valence-corrected chi connectivity index (χ4v) is 3.23. The smallest absolute Gasteiger partial charge is 0.407 e. The van der Waals surface area contributed by atoms with E-state index in [1.807, 2.05) is 0 Å². The fraction of sp³-hybridized carbons (Fsp3) is 0.429. The lowest BCUT2D eigenvalue weighted by Crippen LogP contribution is -2.57. The average molecular weight is 371 g/mol. The molecule has 0 bridgehead atoms. The predicted octanol–water partition coefficient (Wildman–Crippen LogP) is 1.65. The van der Waals surface area contributed by atoms with Crippen LogP contribution < -0.4 is 9.47 Å². The van der Waals surface area contributed by atoms with E-state index in [1.54, 1.807) is 17.0 Å². The largest absolute Gasteiger partial charge is 0.496 e. The number of carbonyl (C=O) groups is 2. The Kier molecular flexibility index (Phi) is 3.86. The second-order valence-electron chi connectivity index (χ2n) is 5.17. The van der Waals surface area contributed by atoms with E-state index in [1.165, 1.54) is 12.0 Å². The van der Waals surface area contributed by atoms with Crippen molar-refractivity contribution in [2.75, 3.05) is 33.4 Å². The Morgan fingerprint density at radius 3 is 2.91 bits per heavy atom. The number of amides is 2. The maximum absolute atomic E-state index is 12.8. The van der Waals surface area contributed by atoms with Gasteiger partial charge in [-0.3, -0.25) is 4.79 Å². The van der Waals surface area contributed by atoms with Crippen LogP contribution in [0.2, 0.25) is 0 Å². The third-order valence-electron chi connectivity index (χ3n) is 3.91. The molecule has 0 radical (unpaired) electrons. The van der Waals surface area contributed by atoms with Gasteiger partial charge in [0.05, 0.1) is 13.2 Å². The molecule has 2 heterocycles. The van der Waals surface area contributed by atoms with Gasteiger partial charge in [-0.25, -0.2) is 4.79 Å². The Balaban J connectivity index is 1.97. The number of carbonyl (C=O) groups excluding carboxylic acids is 1. The molecule has 7 nitrogen and oxygen atoms in total. The van der Waals surface area contributed by atoms with E-state index in [0.29, 0.717) is 30.2 Å². The number of carboxylic acid groups (broad SMARTS) is 1. The molecule has 2 amide bonds. The van der Waals surface area contributed by atoms with Gasteiger partial charge in [-0.1, -0.05) is 15.9 Å². The van der Waals surface area contributed by atoms with E-state index in [0.717, 1.165) is 4.47 Å². The number of piperazine rings is 1. The van der Waals surface area contributed by atoms with Crippen LogP contribution in [0.25, 0.3) is 0 Å². The number of methoxy groups -OCH3 is 1. The Bertz CT molecular complexity index is 636. The van der Waals surface area contributed by atoms with Crippen LogP contribution >= 0.6 is 15.9 Å². The lowest BCUT2D eigenvalue weighted by molar-refractivity contribution is 0.0388. The average Bonchev–Trinajstić information content (AvgIpc) is 2.63. The molecule has 1 aromatic carbocycles. The molecule has 1 saturated heterocycles. The Labute approximate surface area is 135 Å². The van der Waals surface area contributed by atoms with Gasteiger partial charge >= 0.3 is 6.09 Å². The summed E-state index contributed by atoms with van der Waals surface area (Å²) in [5.74, 6) is 0.704. The van der Waals surface area contributed by atoms with Crippen LogP contribution in [-0.2, 0) is 0 Å². The molecule has 3 rings (SSSR count). The Hall–Kier alpha value is -1.96. The second kappa shape index (κ2) is 5.68. The zero-order valence-corrected chi connectivity index (χ0v) is 13.5. The molecule has 1 N–H and O–H groups in total. The van der Waals surface area contributed by atoms with Gasteiger partial charge in [-0.15, -0.1) is 0 Å². The zero-order valence-electron chi connectivity index (χ0n) is 11.9. The van der Waals surface area contributed by atoms with Crippen LogP contribution in [0.5, 0.6) is 11.5 Å². The highest BCUT2D eigenvalue weighted by molar-refractivity contribution is 9.10. The van der Waals surface area contributed by atoms with Gasteiger partial charge in [-0.2, -0.15) is 0 Å². The quantitative estimate of drug-likeness (QED) is 0.812. The lowest BCUT2D eigenvalue weighted by Gasteiger charge is -2.38. The van der Waals surface area contributed by atoms with Gasteiger partial charge in [0.25, 0.3) is 5.91 Å². The van der Waals surface area contributed by atoms with Crippen LogP contribution in [0.3, 0.4) is 0 Å². The molecule has 0 aromatic heterocycles. The number of halogens is 1. The van der Waals surface area contributed by atoms with E-state index in [-0.39, 0.29) is 25.1 Å². The number of benzene rings is 1. The van der Waals surface area contributed by atoms with Crippen molar-refractivity contribution in [3.63, 3.8) is 0 Å². The first-order chi connectivity index (χ1) is 10.5. The summed E-state index contributed by atoms with van der Waals surface area (Å²) >= 11 is 3.36. The molecule has 22 heavy (non-hydrogen) atoms. The predicted molar refractivity (Wildman–Crippen MR) is 80.6 cm³/mol. The van der Waals surface area contributed by atoms with Crippen molar-refractivity contribution in [1.82, 2.24) is 9.80 Å². The number of nitrogens with zero attached hydrogens (tertiary/aromatic N) is 2. The molecule has 0 aliphatic carbocycles. The summed E-state index contributed by atoms with van der Waals surface area (Å²) in [6, 6.07) is 3.14. The topological polar surface area (TPSA) is 79.3 Å². The molecule has 0 saturated carbocycles. The van der Waals surface area contributed by atoms with Crippen molar-refractivity contribution < 1.29 is 24.2 Å². The molecule has 1 atom stereocenters. The van der Waals surface area contributed by atoms with Crippen molar-refractivity contribution in [3.8, 4) is 11.5 Å². The van der Waals surface area contributed by atoms with E-state index in [4.69, 9.17) is 14.6 Å². The number of ether oxygens (including phenoxy) is 2. The Morgan fingerprint density at radius 2 is 2.23 bits per heavy atom. The fourth-order valence-electron chi connectivity index (χ4n) is 2.81. The summed E-state index contributed by atoms with van der Waals surface area (Å²) in [6.45, 7) is 1.14. The summed E-state index contributed by atoms with van der Waals surface area (Å²) in [4.78, 5) is 26.9. The second-order valence-corrected chi connectivity index (χ2v) is 6.09. The van der Waals surface area contributed by atoms with Crippen LogP contribution in [0.4, 0.5) is 4.79 Å². The first-order valence-electron chi connectivity index (χ1n) is 6.80. The minimum atomic E-state index is -0.978. The molecule has 8 heteroatoms. The molecule has 118 valence electrons. The van der Waals surface area contributed by atoms with Gasteiger partial charge in [0.15, 0.2) is 0 Å². The van der Waals surface area contributed by atoms with E-state index in [9.17, 15) is 9.59 Å². The minimum absolute atomic E-state index is 0.188. The molecule has 0 unspecified atom stereocenters. The monoisotopic (exact) mass is 370 g/mol. The normalized spacial score (nSPS) is 20.6. The van der Waals surface area contributed by atoms with Gasteiger partial charge in [0.2, 0.25) is 0 Å². The number of fused-ring (bicyclic) bond motifs is 2. The Morgan fingerprint density at radius 1 is 1.45 bits per heavy atom. The van der Waals surface area contributed by atoms with Gasteiger partial charge in [-0.05, 0) is 12.1 Å². The molecule has 0 spiro atoms. The number of hydrogen-bond donors (Lipinski definition) is 1. The molecular formula is C14H15BrN2O5. The number of hydrogen-bond acceptors (Lipinski definition) is 4. The molecule has 2 aliphatic rings. The van der Waals surface area contributed by atoms with Crippen molar-refractivity contribution >= 4 is 27.9 Å². The zero-order chi connectivity index (χ0) is 15.9. The lowest BCUT2D eigenvalue weighted by atomic mass is 10.1. The maximum atomic E-state index is 12.8. The third kappa shape index (κ3) is 2.47. The SMILES string of the molecule is COc1cc(Br)cc2c1C(=O)N1CCN(C(=O)O)C[C@@H]1CO2. The highest BCUT2D eigenvalue weighted by Gasteiger charge is 2.38. The van der Waals surface area contributed by atoms with Gasteiger partial charge in [0, 0.05) is 24.1 Å². The summed E-state index contributed by atoms with van der Waals surface area (Å²) in [6.07, 6.45) is -0.978. The minimum Gasteiger partial charge on any atom is -0.496 e. The summed E-state index contributed by atoms with van der Waals surface area (Å²) < 4.78 is 11.8. The molecule has 1 fully saturated rings. The van der Waals surface area contributed by atoms with Crippen LogP contribution in [0.1, 0.15) is 10.4 Å².